The van der Waals surface area contributed by atoms with Gasteiger partial charge in [0.2, 0.25) is 0 Å². The van der Waals surface area contributed by atoms with Crippen molar-refractivity contribution in [1.29, 1.82) is 0 Å². The molecule has 1 aliphatic carbocycles. The average Bonchev–Trinajstić information content (AvgIpc) is 2.61. The van der Waals surface area contributed by atoms with Crippen LogP contribution in [0.4, 0.5) is 0 Å². The van der Waals surface area contributed by atoms with Crippen molar-refractivity contribution in [2.75, 3.05) is 0 Å². The Balaban J connectivity index is 2.40. The Morgan fingerprint density at radius 3 is 1.93 bits per heavy atom. The van der Waals surface area contributed by atoms with Crippen LogP contribution in [0.25, 0.3) is 0 Å². The van der Waals surface area contributed by atoms with Gasteiger partial charge in [-0.2, -0.15) is 0 Å². The first-order valence-corrected chi connectivity index (χ1v) is 5.41. The zero-order valence-corrected chi connectivity index (χ0v) is 9.83. The van der Waals surface area contributed by atoms with Gasteiger partial charge in [0.05, 0.1) is 0 Å². The van der Waals surface area contributed by atoms with E-state index in [1.807, 2.05) is 13.8 Å². The minimum absolute atomic E-state index is 0.204. The molecule has 82 valence electrons. The van der Waals surface area contributed by atoms with Gasteiger partial charge in [0.1, 0.15) is 5.75 Å². The van der Waals surface area contributed by atoms with Crippen molar-refractivity contribution in [3.8, 4) is 5.75 Å². The van der Waals surface area contributed by atoms with E-state index in [-0.39, 0.29) is 11.5 Å². The number of phenols is 1. The zero-order valence-electron chi connectivity index (χ0n) is 9.83. The normalized spacial score (nSPS) is 27.8. The summed E-state index contributed by atoms with van der Waals surface area (Å²) in [4.78, 5) is 0. The van der Waals surface area contributed by atoms with E-state index in [9.17, 15) is 5.11 Å². The van der Waals surface area contributed by atoms with Crippen molar-refractivity contribution in [3.05, 3.63) is 28.8 Å². The number of hydrogen-bond acceptors (Lipinski definition) is 2. The average molecular weight is 205 g/mol. The van der Waals surface area contributed by atoms with E-state index in [2.05, 4.69) is 26.0 Å². The Morgan fingerprint density at radius 1 is 1.20 bits per heavy atom. The van der Waals surface area contributed by atoms with Crippen LogP contribution in [0.5, 0.6) is 5.75 Å². The standard InChI is InChI=1S/C13H19NO/c1-7-5-9(6-8(2)11(7)15)10-12(14)13(10,3)4/h5-6,10,12,15H,14H2,1-4H3/t10-,12-/m0/s1. The quantitative estimate of drug-likeness (QED) is 0.739. The summed E-state index contributed by atoms with van der Waals surface area (Å²) in [6.45, 7) is 8.26. The molecule has 0 amide bonds. The molecule has 1 fully saturated rings. The summed E-state index contributed by atoms with van der Waals surface area (Å²) in [7, 11) is 0. The van der Waals surface area contributed by atoms with Gasteiger partial charge in [-0.1, -0.05) is 26.0 Å². The lowest BCUT2D eigenvalue weighted by Gasteiger charge is -2.08. The predicted molar refractivity (Wildman–Crippen MR) is 62.1 cm³/mol. The third-order valence-corrected chi connectivity index (χ3v) is 3.78. The number of rotatable bonds is 1. The minimum atomic E-state index is 0.204. The summed E-state index contributed by atoms with van der Waals surface area (Å²) in [6.07, 6.45) is 0. The molecular weight excluding hydrogens is 186 g/mol. The fourth-order valence-electron chi connectivity index (χ4n) is 2.48. The summed E-state index contributed by atoms with van der Waals surface area (Å²) in [5, 5.41) is 9.70. The highest BCUT2D eigenvalue weighted by atomic mass is 16.3. The van der Waals surface area contributed by atoms with E-state index < -0.39 is 0 Å². The topological polar surface area (TPSA) is 46.2 Å². The van der Waals surface area contributed by atoms with Gasteiger partial charge in [-0.3, -0.25) is 0 Å². The first-order valence-electron chi connectivity index (χ1n) is 5.41. The largest absolute Gasteiger partial charge is 0.507 e. The Morgan fingerprint density at radius 2 is 1.60 bits per heavy atom. The molecule has 2 nitrogen and oxygen atoms in total. The van der Waals surface area contributed by atoms with Crippen LogP contribution in [-0.4, -0.2) is 11.1 Å². The number of aromatic hydroxyl groups is 1. The third-order valence-electron chi connectivity index (χ3n) is 3.78. The predicted octanol–water partition coefficient (Wildman–Crippen LogP) is 2.46. The van der Waals surface area contributed by atoms with E-state index in [0.717, 1.165) is 11.1 Å². The monoisotopic (exact) mass is 205 g/mol. The summed E-state index contributed by atoms with van der Waals surface area (Å²) in [5.41, 5.74) is 9.41. The maximum absolute atomic E-state index is 9.70. The highest BCUT2D eigenvalue weighted by molar-refractivity contribution is 5.46. The van der Waals surface area contributed by atoms with Gasteiger partial charge in [-0.25, -0.2) is 0 Å². The SMILES string of the molecule is Cc1cc([C@H]2[C@H](N)C2(C)C)cc(C)c1O. The lowest BCUT2D eigenvalue weighted by molar-refractivity contribution is 0.466. The number of hydrogen-bond donors (Lipinski definition) is 2. The molecule has 0 unspecified atom stereocenters. The van der Waals surface area contributed by atoms with Crippen LogP contribution in [0.2, 0.25) is 0 Å². The van der Waals surface area contributed by atoms with E-state index in [1.54, 1.807) is 0 Å². The fourth-order valence-corrected chi connectivity index (χ4v) is 2.48. The molecule has 1 saturated carbocycles. The molecule has 1 aromatic carbocycles. The van der Waals surface area contributed by atoms with Crippen molar-refractivity contribution in [3.63, 3.8) is 0 Å². The van der Waals surface area contributed by atoms with Crippen LogP contribution in [0.1, 0.15) is 36.5 Å². The molecule has 0 radical (unpaired) electrons. The van der Waals surface area contributed by atoms with Crippen molar-refractivity contribution in [1.82, 2.24) is 0 Å². The molecule has 0 aliphatic heterocycles. The van der Waals surface area contributed by atoms with Crippen LogP contribution in [0.15, 0.2) is 12.1 Å². The second kappa shape index (κ2) is 2.99. The van der Waals surface area contributed by atoms with Crippen LogP contribution in [0, 0.1) is 19.3 Å². The van der Waals surface area contributed by atoms with Crippen LogP contribution in [-0.2, 0) is 0 Å². The lowest BCUT2D eigenvalue weighted by Crippen LogP contribution is -2.06. The maximum atomic E-state index is 9.70. The lowest BCUT2D eigenvalue weighted by atomic mass is 9.98. The van der Waals surface area contributed by atoms with Gasteiger partial charge in [0.15, 0.2) is 0 Å². The third kappa shape index (κ3) is 1.44. The van der Waals surface area contributed by atoms with Crippen LogP contribution in [0.3, 0.4) is 0 Å². The van der Waals surface area contributed by atoms with Crippen molar-refractivity contribution in [2.45, 2.75) is 39.7 Å². The first kappa shape index (κ1) is 10.5. The van der Waals surface area contributed by atoms with E-state index in [0.29, 0.717) is 11.7 Å². The summed E-state index contributed by atoms with van der Waals surface area (Å²) >= 11 is 0. The van der Waals surface area contributed by atoms with E-state index in [4.69, 9.17) is 5.73 Å². The van der Waals surface area contributed by atoms with Gasteiger partial charge in [-0.15, -0.1) is 0 Å². The molecule has 2 heteroatoms. The molecule has 1 aromatic rings. The summed E-state index contributed by atoms with van der Waals surface area (Å²) in [6, 6.07) is 4.37. The molecule has 15 heavy (non-hydrogen) atoms. The van der Waals surface area contributed by atoms with Gasteiger partial charge in [-0.05, 0) is 36.0 Å². The fraction of sp³-hybridized carbons (Fsp3) is 0.538. The van der Waals surface area contributed by atoms with Gasteiger partial charge >= 0.3 is 0 Å². The van der Waals surface area contributed by atoms with Crippen molar-refractivity contribution >= 4 is 0 Å². The number of phenolic OH excluding ortho intramolecular Hbond substituents is 1. The molecule has 0 heterocycles. The minimum Gasteiger partial charge on any atom is -0.507 e. The second-order valence-electron chi connectivity index (χ2n) is 5.33. The number of aryl methyl sites for hydroxylation is 2. The van der Waals surface area contributed by atoms with Crippen LogP contribution >= 0.6 is 0 Å². The molecular formula is C13H19NO. The molecule has 0 bridgehead atoms. The van der Waals surface area contributed by atoms with Crippen molar-refractivity contribution < 1.29 is 5.11 Å². The number of benzene rings is 1. The highest BCUT2D eigenvalue weighted by Crippen LogP contribution is 2.57. The molecule has 0 aromatic heterocycles. The highest BCUT2D eigenvalue weighted by Gasteiger charge is 2.56. The molecule has 0 saturated heterocycles. The van der Waals surface area contributed by atoms with Crippen molar-refractivity contribution in [2.24, 2.45) is 11.1 Å². The Hall–Kier alpha value is -1.02. The molecule has 2 atom stereocenters. The summed E-state index contributed by atoms with van der Waals surface area (Å²) < 4.78 is 0. The first-order chi connectivity index (χ1) is 6.85. The van der Waals surface area contributed by atoms with E-state index >= 15 is 0 Å². The summed E-state index contributed by atoms with van der Waals surface area (Å²) in [5.74, 6) is 0.848. The Kier molecular flexibility index (Phi) is 2.09. The number of nitrogens with two attached hydrogens (primary N) is 1. The maximum Gasteiger partial charge on any atom is 0.121 e. The molecule has 1 aliphatic rings. The smallest absolute Gasteiger partial charge is 0.121 e. The van der Waals surface area contributed by atoms with Crippen LogP contribution < -0.4 is 5.73 Å². The zero-order chi connectivity index (χ0) is 11.4. The van der Waals surface area contributed by atoms with E-state index in [1.165, 1.54) is 5.56 Å². The Labute approximate surface area is 91.1 Å². The second-order valence-corrected chi connectivity index (χ2v) is 5.33. The molecule has 3 N–H and O–H groups in total. The molecule has 0 spiro atoms. The van der Waals surface area contributed by atoms with Gasteiger partial charge in [0, 0.05) is 12.0 Å². The van der Waals surface area contributed by atoms with Gasteiger partial charge in [0.25, 0.3) is 0 Å². The Bertz CT molecular complexity index is 386. The van der Waals surface area contributed by atoms with Gasteiger partial charge < -0.3 is 10.8 Å². The molecule has 2 rings (SSSR count).